The first-order chi connectivity index (χ1) is 7.34. The minimum absolute atomic E-state index is 0.0282. The Morgan fingerprint density at radius 3 is 3.33 bits per heavy atom. The molecule has 5 nitrogen and oxygen atoms in total. The van der Waals surface area contributed by atoms with Crippen LogP contribution in [0.15, 0.2) is 5.51 Å². The van der Waals surface area contributed by atoms with Crippen molar-refractivity contribution in [1.29, 1.82) is 0 Å². The van der Waals surface area contributed by atoms with E-state index in [2.05, 4.69) is 20.8 Å². The molecule has 1 aliphatic rings. The summed E-state index contributed by atoms with van der Waals surface area (Å²) in [5.74, 6) is 0.0282. The number of nitrogens with one attached hydrogen (secondary N) is 2. The SMILES string of the molecule is O=C(CCC1CCCN1)Nc1nncs1. The maximum atomic E-state index is 11.5. The number of nitrogens with zero attached hydrogens (tertiary/aromatic N) is 2. The van der Waals surface area contributed by atoms with Gasteiger partial charge >= 0.3 is 0 Å². The normalized spacial score (nSPS) is 20.4. The summed E-state index contributed by atoms with van der Waals surface area (Å²) in [6.07, 6.45) is 3.87. The Morgan fingerprint density at radius 1 is 1.73 bits per heavy atom. The van der Waals surface area contributed by atoms with E-state index < -0.39 is 0 Å². The maximum absolute atomic E-state index is 11.5. The maximum Gasteiger partial charge on any atom is 0.226 e. The van der Waals surface area contributed by atoms with Crippen LogP contribution < -0.4 is 10.6 Å². The standard InChI is InChI=1S/C9H14N4OS/c14-8(12-9-13-11-6-15-9)4-3-7-2-1-5-10-7/h6-7,10H,1-5H2,(H,12,13,14). The minimum Gasteiger partial charge on any atom is -0.314 e. The molecule has 0 aliphatic carbocycles. The van der Waals surface area contributed by atoms with Gasteiger partial charge in [-0.05, 0) is 25.8 Å². The van der Waals surface area contributed by atoms with Crippen LogP contribution in [-0.4, -0.2) is 28.7 Å². The quantitative estimate of drug-likeness (QED) is 0.804. The van der Waals surface area contributed by atoms with Gasteiger partial charge in [-0.1, -0.05) is 11.3 Å². The third-order valence-electron chi connectivity index (χ3n) is 2.49. The summed E-state index contributed by atoms with van der Waals surface area (Å²) in [4.78, 5) is 11.5. The number of amides is 1. The number of aromatic nitrogens is 2. The number of carbonyl (C=O) groups excluding carboxylic acids is 1. The Bertz CT molecular complexity index is 308. The largest absolute Gasteiger partial charge is 0.314 e. The molecule has 0 aromatic carbocycles. The minimum atomic E-state index is 0.0282. The highest BCUT2D eigenvalue weighted by molar-refractivity contribution is 7.13. The Kier molecular flexibility index (Phi) is 3.63. The van der Waals surface area contributed by atoms with Gasteiger partial charge in [0, 0.05) is 12.5 Å². The lowest BCUT2D eigenvalue weighted by Gasteiger charge is -2.08. The second-order valence-electron chi connectivity index (χ2n) is 3.62. The third kappa shape index (κ3) is 3.24. The molecular formula is C9H14N4OS. The molecule has 1 aromatic rings. The number of carbonyl (C=O) groups is 1. The van der Waals surface area contributed by atoms with Crippen LogP contribution in [-0.2, 0) is 4.79 Å². The van der Waals surface area contributed by atoms with Gasteiger partial charge in [0.25, 0.3) is 0 Å². The van der Waals surface area contributed by atoms with Crippen LogP contribution in [0.1, 0.15) is 25.7 Å². The van der Waals surface area contributed by atoms with Gasteiger partial charge in [-0.2, -0.15) is 0 Å². The fourth-order valence-electron chi connectivity index (χ4n) is 1.72. The zero-order valence-corrected chi connectivity index (χ0v) is 9.22. The molecule has 6 heteroatoms. The number of anilines is 1. The fraction of sp³-hybridized carbons (Fsp3) is 0.667. The topological polar surface area (TPSA) is 66.9 Å². The molecule has 1 saturated heterocycles. The van der Waals surface area contributed by atoms with Crippen molar-refractivity contribution in [3.63, 3.8) is 0 Å². The van der Waals surface area contributed by atoms with Gasteiger partial charge in [-0.25, -0.2) is 0 Å². The van der Waals surface area contributed by atoms with Crippen molar-refractivity contribution in [3.05, 3.63) is 5.51 Å². The van der Waals surface area contributed by atoms with Crippen LogP contribution in [0.3, 0.4) is 0 Å². The van der Waals surface area contributed by atoms with E-state index in [9.17, 15) is 4.79 Å². The van der Waals surface area contributed by atoms with Gasteiger partial charge in [-0.15, -0.1) is 10.2 Å². The molecule has 15 heavy (non-hydrogen) atoms. The lowest BCUT2D eigenvalue weighted by atomic mass is 10.1. The van der Waals surface area contributed by atoms with Crippen molar-refractivity contribution >= 4 is 22.4 Å². The molecule has 0 saturated carbocycles. The highest BCUT2D eigenvalue weighted by Gasteiger charge is 2.15. The zero-order chi connectivity index (χ0) is 10.5. The molecule has 1 amide bonds. The van der Waals surface area contributed by atoms with E-state index in [1.807, 2.05) is 0 Å². The van der Waals surface area contributed by atoms with Gasteiger partial charge in [0.15, 0.2) is 0 Å². The van der Waals surface area contributed by atoms with Crippen LogP contribution in [0.2, 0.25) is 0 Å². The molecule has 1 atom stereocenters. The van der Waals surface area contributed by atoms with Crippen LogP contribution in [0.5, 0.6) is 0 Å². The summed E-state index contributed by atoms with van der Waals surface area (Å²) in [5.41, 5.74) is 1.61. The lowest BCUT2D eigenvalue weighted by Crippen LogP contribution is -2.23. The number of rotatable bonds is 4. The van der Waals surface area contributed by atoms with Crippen LogP contribution in [0, 0.1) is 0 Å². The predicted octanol–water partition coefficient (Wildman–Crippen LogP) is 1.01. The van der Waals surface area contributed by atoms with E-state index in [4.69, 9.17) is 0 Å². The van der Waals surface area contributed by atoms with E-state index in [1.165, 1.54) is 24.2 Å². The van der Waals surface area contributed by atoms with Crippen LogP contribution in [0.4, 0.5) is 5.13 Å². The van der Waals surface area contributed by atoms with Crippen molar-refractivity contribution in [2.75, 3.05) is 11.9 Å². The first kappa shape index (κ1) is 10.5. The molecule has 82 valence electrons. The molecule has 1 unspecified atom stereocenters. The van der Waals surface area contributed by atoms with Gasteiger partial charge in [0.05, 0.1) is 0 Å². The van der Waals surface area contributed by atoms with Crippen LogP contribution >= 0.6 is 11.3 Å². The first-order valence-corrected chi connectivity index (χ1v) is 6.02. The molecule has 2 rings (SSSR count). The second kappa shape index (κ2) is 5.18. The Labute approximate surface area is 92.3 Å². The highest BCUT2D eigenvalue weighted by atomic mass is 32.1. The molecule has 0 bridgehead atoms. The number of hydrogen-bond acceptors (Lipinski definition) is 5. The Balaban J connectivity index is 1.68. The zero-order valence-electron chi connectivity index (χ0n) is 8.40. The summed E-state index contributed by atoms with van der Waals surface area (Å²) < 4.78 is 0. The first-order valence-electron chi connectivity index (χ1n) is 5.14. The summed E-state index contributed by atoms with van der Waals surface area (Å²) in [6, 6.07) is 0.519. The second-order valence-corrected chi connectivity index (χ2v) is 4.46. The lowest BCUT2D eigenvalue weighted by molar-refractivity contribution is -0.116. The van der Waals surface area contributed by atoms with Crippen LogP contribution in [0.25, 0.3) is 0 Å². The molecule has 0 spiro atoms. The monoisotopic (exact) mass is 226 g/mol. The molecule has 1 fully saturated rings. The van der Waals surface area contributed by atoms with Crippen molar-refractivity contribution in [2.45, 2.75) is 31.7 Å². The molecule has 2 N–H and O–H groups in total. The summed E-state index contributed by atoms with van der Waals surface area (Å²) in [5, 5.41) is 14.1. The van der Waals surface area contributed by atoms with Crippen molar-refractivity contribution in [1.82, 2.24) is 15.5 Å². The van der Waals surface area contributed by atoms with E-state index in [-0.39, 0.29) is 5.91 Å². The molecule has 1 aromatic heterocycles. The molecule has 1 aliphatic heterocycles. The molecule has 2 heterocycles. The van der Waals surface area contributed by atoms with Gasteiger partial charge in [0.1, 0.15) is 5.51 Å². The summed E-state index contributed by atoms with van der Waals surface area (Å²) >= 11 is 1.34. The summed E-state index contributed by atoms with van der Waals surface area (Å²) in [7, 11) is 0. The highest BCUT2D eigenvalue weighted by Crippen LogP contribution is 2.12. The smallest absolute Gasteiger partial charge is 0.226 e. The van der Waals surface area contributed by atoms with Crippen molar-refractivity contribution < 1.29 is 4.79 Å². The van der Waals surface area contributed by atoms with Gasteiger partial charge in [-0.3, -0.25) is 4.79 Å². The van der Waals surface area contributed by atoms with E-state index >= 15 is 0 Å². The average molecular weight is 226 g/mol. The van der Waals surface area contributed by atoms with Gasteiger partial charge < -0.3 is 10.6 Å². The van der Waals surface area contributed by atoms with Crippen molar-refractivity contribution in [2.24, 2.45) is 0 Å². The summed E-state index contributed by atoms with van der Waals surface area (Å²) in [6.45, 7) is 1.09. The third-order valence-corrected chi connectivity index (χ3v) is 3.10. The van der Waals surface area contributed by atoms with Gasteiger partial charge in [0.2, 0.25) is 11.0 Å². The fourth-order valence-corrected chi connectivity index (χ4v) is 2.18. The molecule has 0 radical (unpaired) electrons. The Hall–Kier alpha value is -1.01. The predicted molar refractivity (Wildman–Crippen MR) is 58.8 cm³/mol. The average Bonchev–Trinajstić information content (AvgIpc) is 2.86. The van der Waals surface area contributed by atoms with Crippen molar-refractivity contribution in [3.8, 4) is 0 Å². The van der Waals surface area contributed by atoms with E-state index in [0.717, 1.165) is 13.0 Å². The number of hydrogen-bond donors (Lipinski definition) is 2. The van der Waals surface area contributed by atoms with E-state index in [1.54, 1.807) is 5.51 Å². The Morgan fingerprint density at radius 2 is 2.67 bits per heavy atom. The van der Waals surface area contributed by atoms with E-state index in [0.29, 0.717) is 17.6 Å². The molecular weight excluding hydrogens is 212 g/mol.